The molecule has 4 amide bonds. The first-order valence-electron chi connectivity index (χ1n) is 11.9. The average molecular weight is 583 g/mol. The Labute approximate surface area is 234 Å². The van der Waals surface area contributed by atoms with E-state index in [-0.39, 0.29) is 69.6 Å². The van der Waals surface area contributed by atoms with Gasteiger partial charge in [0.2, 0.25) is 11.8 Å². The summed E-state index contributed by atoms with van der Waals surface area (Å²) in [4.78, 5) is 75.3. The summed E-state index contributed by atoms with van der Waals surface area (Å²) in [5, 5.41) is 0. The highest BCUT2D eigenvalue weighted by Gasteiger charge is 2.33. The van der Waals surface area contributed by atoms with Gasteiger partial charge < -0.3 is 14.2 Å². The maximum Gasteiger partial charge on any atom is 0.333 e. The molecule has 0 bridgehead atoms. The second kappa shape index (κ2) is 20.1. The number of rotatable bonds is 17. The van der Waals surface area contributed by atoms with Gasteiger partial charge in [-0.1, -0.05) is 13.8 Å². The van der Waals surface area contributed by atoms with Crippen LogP contribution in [0, 0.1) is 11.8 Å². The van der Waals surface area contributed by atoms with Crippen molar-refractivity contribution in [1.29, 1.82) is 0 Å². The van der Waals surface area contributed by atoms with Gasteiger partial charge in [-0.15, -0.1) is 0 Å². The van der Waals surface area contributed by atoms with Crippen LogP contribution in [0.3, 0.4) is 0 Å². The molecule has 11 nitrogen and oxygen atoms in total. The summed E-state index contributed by atoms with van der Waals surface area (Å²) in [6, 6.07) is -0.924. The Bertz CT molecular complexity index is 783. The van der Waals surface area contributed by atoms with Gasteiger partial charge in [0.15, 0.2) is 0 Å². The fraction of sp³-hybridized carbons (Fsp3) is 0.739. The lowest BCUT2D eigenvalue weighted by atomic mass is 9.92. The summed E-state index contributed by atoms with van der Waals surface area (Å²) in [5.41, 5.74) is 0. The molecule has 37 heavy (non-hydrogen) atoms. The van der Waals surface area contributed by atoms with Crippen molar-refractivity contribution in [1.82, 2.24) is 9.80 Å². The summed E-state index contributed by atoms with van der Waals surface area (Å²) < 4.78 is 15.2. The van der Waals surface area contributed by atoms with E-state index in [1.165, 1.54) is 0 Å². The molecule has 0 saturated heterocycles. The number of amides is 4. The van der Waals surface area contributed by atoms with Crippen LogP contribution in [-0.4, -0.2) is 95.7 Å². The zero-order valence-corrected chi connectivity index (χ0v) is 24.2. The van der Waals surface area contributed by atoms with Crippen LogP contribution in [0.5, 0.6) is 0 Å². The Morgan fingerprint density at radius 2 is 1.08 bits per heavy atom. The van der Waals surface area contributed by atoms with Gasteiger partial charge in [0, 0.05) is 30.1 Å². The van der Waals surface area contributed by atoms with E-state index < -0.39 is 41.7 Å². The third-order valence-electron chi connectivity index (χ3n) is 5.29. The normalized spacial score (nSPS) is 12.2. The Hall–Kier alpha value is -1.93. The molecule has 0 aromatic rings. The lowest BCUT2D eigenvalue weighted by molar-refractivity contribution is -0.147. The zero-order valence-electron chi connectivity index (χ0n) is 21.6. The number of hydrogen-bond acceptors (Lipinski definition) is 12. The van der Waals surface area contributed by atoms with E-state index >= 15 is 0 Å². The molecule has 0 rings (SSSR count). The predicted molar refractivity (Wildman–Crippen MR) is 146 cm³/mol. The van der Waals surface area contributed by atoms with E-state index in [9.17, 15) is 28.8 Å². The first-order valence-corrected chi connectivity index (χ1v) is 13.8. The van der Waals surface area contributed by atoms with Crippen molar-refractivity contribution in [3.05, 3.63) is 0 Å². The maximum absolute atomic E-state index is 13.3. The molecule has 2 atom stereocenters. The van der Waals surface area contributed by atoms with Crippen LogP contribution in [0.2, 0.25) is 0 Å². The highest BCUT2D eigenvalue weighted by molar-refractivity contribution is 7.80. The lowest BCUT2D eigenvalue weighted by Crippen LogP contribution is -2.52. The number of urea groups is 1. The number of imide groups is 2. The van der Waals surface area contributed by atoms with Crippen LogP contribution in [0.25, 0.3) is 0 Å². The van der Waals surface area contributed by atoms with Gasteiger partial charge in [-0.25, -0.2) is 4.79 Å². The zero-order chi connectivity index (χ0) is 28.4. The van der Waals surface area contributed by atoms with Crippen molar-refractivity contribution in [2.75, 3.05) is 50.2 Å². The van der Waals surface area contributed by atoms with E-state index in [0.29, 0.717) is 12.2 Å². The number of ether oxygens (including phenoxy) is 3. The molecule has 0 aromatic carbocycles. The van der Waals surface area contributed by atoms with E-state index in [1.807, 2.05) is 0 Å². The molecule has 0 saturated carbocycles. The molecule has 2 unspecified atom stereocenters. The standard InChI is InChI=1S/C23H38N2O9S3/c1-16(4-10-32-19(27)5-13-35)17(2)22(30)25(9-12-34-21(29)7-15-37)23(31)24(18(3)26)8-11-33-20(28)6-14-36/h16-17,35-37H,4-15H2,1-3H3. The number of carbonyl (C=O) groups is 6. The number of hydrogen-bond donors (Lipinski definition) is 3. The molecule has 14 heteroatoms. The summed E-state index contributed by atoms with van der Waals surface area (Å²) in [6.45, 7) is 3.57. The first-order chi connectivity index (χ1) is 17.5. The van der Waals surface area contributed by atoms with Crippen molar-refractivity contribution in [3.63, 3.8) is 0 Å². The minimum absolute atomic E-state index is 0.0571. The Kier molecular flexibility index (Phi) is 19.0. The van der Waals surface area contributed by atoms with Crippen LogP contribution >= 0.6 is 37.9 Å². The summed E-state index contributed by atoms with van der Waals surface area (Å²) in [7, 11) is 0. The Morgan fingerprint density at radius 3 is 1.49 bits per heavy atom. The molecule has 0 aliphatic heterocycles. The van der Waals surface area contributed by atoms with Crippen LogP contribution in [0.1, 0.15) is 46.5 Å². The monoisotopic (exact) mass is 582 g/mol. The van der Waals surface area contributed by atoms with Crippen LogP contribution in [0.4, 0.5) is 4.79 Å². The van der Waals surface area contributed by atoms with Gasteiger partial charge in [0.25, 0.3) is 0 Å². The van der Waals surface area contributed by atoms with Gasteiger partial charge in [0.05, 0.1) is 39.0 Å². The number of nitrogens with zero attached hydrogens (tertiary/aromatic N) is 2. The topological polar surface area (TPSA) is 137 Å². The van der Waals surface area contributed by atoms with Gasteiger partial charge in [-0.3, -0.25) is 33.8 Å². The van der Waals surface area contributed by atoms with E-state index in [2.05, 4.69) is 37.9 Å². The molecule has 0 heterocycles. The summed E-state index contributed by atoms with van der Waals surface area (Å²) in [6.07, 6.45) is 0.660. The number of esters is 3. The van der Waals surface area contributed by atoms with Crippen LogP contribution in [0.15, 0.2) is 0 Å². The average Bonchev–Trinajstić information content (AvgIpc) is 2.83. The van der Waals surface area contributed by atoms with Crippen molar-refractivity contribution in [2.45, 2.75) is 46.5 Å². The predicted octanol–water partition coefficient (Wildman–Crippen LogP) is 2.04. The molecular formula is C23H38N2O9S3. The molecule has 0 aliphatic rings. The molecule has 0 fully saturated rings. The van der Waals surface area contributed by atoms with E-state index in [1.54, 1.807) is 13.8 Å². The van der Waals surface area contributed by atoms with E-state index in [4.69, 9.17) is 14.2 Å². The van der Waals surface area contributed by atoms with Gasteiger partial charge in [-0.2, -0.15) is 37.9 Å². The first kappa shape index (κ1) is 35.1. The largest absolute Gasteiger partial charge is 0.466 e. The minimum Gasteiger partial charge on any atom is -0.466 e. The van der Waals surface area contributed by atoms with Crippen molar-refractivity contribution >= 4 is 73.6 Å². The fourth-order valence-electron chi connectivity index (χ4n) is 2.92. The van der Waals surface area contributed by atoms with Gasteiger partial charge in [0.1, 0.15) is 13.2 Å². The molecule has 0 aliphatic carbocycles. The van der Waals surface area contributed by atoms with E-state index in [0.717, 1.165) is 16.7 Å². The lowest BCUT2D eigenvalue weighted by Gasteiger charge is -2.30. The van der Waals surface area contributed by atoms with Crippen LogP contribution in [-0.2, 0) is 38.2 Å². The second-order valence-corrected chi connectivity index (χ2v) is 9.42. The minimum atomic E-state index is -0.924. The third-order valence-corrected chi connectivity index (χ3v) is 5.96. The smallest absolute Gasteiger partial charge is 0.333 e. The molecule has 212 valence electrons. The van der Waals surface area contributed by atoms with Crippen molar-refractivity contribution in [3.8, 4) is 0 Å². The summed E-state index contributed by atoms with van der Waals surface area (Å²) in [5.74, 6) is -2.78. The highest BCUT2D eigenvalue weighted by Crippen LogP contribution is 2.19. The summed E-state index contributed by atoms with van der Waals surface area (Å²) >= 11 is 11.9. The molecule has 0 aromatic heterocycles. The fourth-order valence-corrected chi connectivity index (χ4v) is 3.47. The Balaban J connectivity index is 5.46. The SMILES string of the molecule is CC(=O)N(CCOC(=O)CCS)C(=O)N(CCOC(=O)CCS)C(=O)C(C)C(C)CCOC(=O)CCS. The van der Waals surface area contributed by atoms with Crippen molar-refractivity contribution in [2.24, 2.45) is 11.8 Å². The van der Waals surface area contributed by atoms with Gasteiger partial charge >= 0.3 is 23.9 Å². The second-order valence-electron chi connectivity index (χ2n) is 8.08. The third kappa shape index (κ3) is 14.6. The highest BCUT2D eigenvalue weighted by atomic mass is 32.1. The maximum atomic E-state index is 13.3. The molecule has 0 radical (unpaired) electrons. The Morgan fingerprint density at radius 1 is 0.676 bits per heavy atom. The van der Waals surface area contributed by atoms with Gasteiger partial charge in [-0.05, 0) is 12.3 Å². The molecule has 0 N–H and O–H groups in total. The number of carbonyl (C=O) groups excluding carboxylic acids is 6. The quantitative estimate of drug-likeness (QED) is 0.134. The number of thiol groups is 3. The van der Waals surface area contributed by atoms with Crippen LogP contribution < -0.4 is 0 Å². The molecular weight excluding hydrogens is 544 g/mol. The van der Waals surface area contributed by atoms with Crippen molar-refractivity contribution < 1.29 is 43.0 Å². The molecule has 0 spiro atoms.